The van der Waals surface area contributed by atoms with Crippen molar-refractivity contribution in [2.24, 2.45) is 0 Å². The van der Waals surface area contributed by atoms with Crippen molar-refractivity contribution >= 4 is 11.8 Å². The predicted octanol–water partition coefficient (Wildman–Crippen LogP) is 4.62. The van der Waals surface area contributed by atoms with Crippen LogP contribution in [-0.4, -0.2) is 53.6 Å². The average molecular weight is 542 g/mol. The molecule has 0 aliphatic heterocycles. The van der Waals surface area contributed by atoms with Crippen molar-refractivity contribution in [3.63, 3.8) is 0 Å². The van der Waals surface area contributed by atoms with Crippen molar-refractivity contribution in [2.45, 2.75) is 58.7 Å². The van der Waals surface area contributed by atoms with Crippen LogP contribution in [0.5, 0.6) is 0 Å². The molecule has 3 N–H and O–H groups in total. The van der Waals surface area contributed by atoms with E-state index in [9.17, 15) is 23.5 Å². The zero-order chi connectivity index (χ0) is 28.4. The molecule has 0 spiro atoms. The molecule has 2 atom stereocenters. The summed E-state index contributed by atoms with van der Waals surface area (Å²) in [5, 5.41) is 16.9. The first-order chi connectivity index (χ1) is 18.7. The number of hydrogen-bond donors (Lipinski definition) is 3. The van der Waals surface area contributed by atoms with E-state index < -0.39 is 29.7 Å². The Kier molecular flexibility index (Phi) is 11.2. The summed E-state index contributed by atoms with van der Waals surface area (Å²) < 4.78 is 32.8. The Labute approximate surface area is 228 Å². The third kappa shape index (κ3) is 9.01. The number of furan rings is 1. The number of nitrogens with zero attached hydrogens (tertiary/aromatic N) is 1. The molecule has 39 heavy (non-hydrogen) atoms. The monoisotopic (exact) mass is 541 g/mol. The highest BCUT2D eigenvalue weighted by Gasteiger charge is 2.24. The molecular formula is C30H37F2N3O4. The standard InChI is InChI=1S/C30H37F2N3O4/c1-4-7-35(8-5-2)30(38)24-11-20(3)10-23(15-24)29(37)34-27(14-22-12-25(31)16-26(32)13-22)28(36)18-33-17-21-6-9-39-19-21/h6,9-13,15-16,19,27-28,33,36H,4-5,7-8,14,17-18H2,1-3H3,(H,34,37)/t27-,28+/m0/s1. The van der Waals surface area contributed by atoms with Gasteiger partial charge in [0.2, 0.25) is 0 Å². The molecule has 7 nitrogen and oxygen atoms in total. The van der Waals surface area contributed by atoms with Gasteiger partial charge in [-0.15, -0.1) is 0 Å². The fraction of sp³-hybridized carbons (Fsp3) is 0.400. The van der Waals surface area contributed by atoms with E-state index in [-0.39, 0.29) is 24.4 Å². The Morgan fingerprint density at radius 3 is 2.26 bits per heavy atom. The van der Waals surface area contributed by atoms with Crippen molar-refractivity contribution in [2.75, 3.05) is 19.6 Å². The largest absolute Gasteiger partial charge is 0.472 e. The maximum absolute atomic E-state index is 13.9. The molecule has 3 aromatic rings. The van der Waals surface area contributed by atoms with Crippen LogP contribution in [0.2, 0.25) is 0 Å². The number of rotatable bonds is 14. The van der Waals surface area contributed by atoms with Crippen molar-refractivity contribution in [1.29, 1.82) is 0 Å². The second-order valence-corrected chi connectivity index (χ2v) is 9.77. The van der Waals surface area contributed by atoms with Gasteiger partial charge in [-0.25, -0.2) is 8.78 Å². The summed E-state index contributed by atoms with van der Waals surface area (Å²) >= 11 is 0. The fourth-order valence-electron chi connectivity index (χ4n) is 4.49. The van der Waals surface area contributed by atoms with Crippen LogP contribution in [0.15, 0.2) is 59.4 Å². The lowest BCUT2D eigenvalue weighted by Gasteiger charge is -2.25. The molecule has 0 saturated heterocycles. The first-order valence-corrected chi connectivity index (χ1v) is 13.3. The number of aryl methyl sites for hydroxylation is 1. The van der Waals surface area contributed by atoms with Crippen LogP contribution in [0.3, 0.4) is 0 Å². The van der Waals surface area contributed by atoms with E-state index in [2.05, 4.69) is 10.6 Å². The van der Waals surface area contributed by atoms with Crippen LogP contribution in [0.1, 0.15) is 64.1 Å². The molecule has 2 amide bonds. The molecule has 0 aliphatic carbocycles. The third-order valence-electron chi connectivity index (χ3n) is 6.28. The zero-order valence-electron chi connectivity index (χ0n) is 22.7. The number of carbonyl (C=O) groups is 2. The summed E-state index contributed by atoms with van der Waals surface area (Å²) in [5.74, 6) is -2.13. The van der Waals surface area contributed by atoms with Crippen LogP contribution in [0.25, 0.3) is 0 Å². The van der Waals surface area contributed by atoms with Gasteiger partial charge in [0.1, 0.15) is 11.6 Å². The molecule has 1 heterocycles. The van der Waals surface area contributed by atoms with Gasteiger partial charge >= 0.3 is 0 Å². The van der Waals surface area contributed by atoms with E-state index in [1.807, 2.05) is 13.8 Å². The molecule has 9 heteroatoms. The third-order valence-corrected chi connectivity index (χ3v) is 6.28. The Bertz CT molecular complexity index is 1210. The Morgan fingerprint density at radius 2 is 1.64 bits per heavy atom. The van der Waals surface area contributed by atoms with Crippen molar-refractivity contribution in [1.82, 2.24) is 15.5 Å². The Hall–Kier alpha value is -3.56. The van der Waals surface area contributed by atoms with Gasteiger partial charge in [0.15, 0.2) is 0 Å². The summed E-state index contributed by atoms with van der Waals surface area (Å²) in [4.78, 5) is 28.3. The van der Waals surface area contributed by atoms with Gasteiger partial charge in [0.05, 0.1) is 24.7 Å². The maximum Gasteiger partial charge on any atom is 0.253 e. The molecular weight excluding hydrogens is 504 g/mol. The predicted molar refractivity (Wildman–Crippen MR) is 145 cm³/mol. The van der Waals surface area contributed by atoms with E-state index in [0.717, 1.165) is 30.0 Å². The van der Waals surface area contributed by atoms with Crippen LogP contribution in [0.4, 0.5) is 8.78 Å². The summed E-state index contributed by atoms with van der Waals surface area (Å²) in [6, 6.07) is 8.99. The average Bonchev–Trinajstić information content (AvgIpc) is 3.40. The maximum atomic E-state index is 13.9. The Balaban J connectivity index is 1.80. The van der Waals surface area contributed by atoms with Gasteiger partial charge < -0.3 is 25.1 Å². The lowest BCUT2D eigenvalue weighted by Crippen LogP contribution is -2.48. The number of amides is 2. The SMILES string of the molecule is CCCN(CCC)C(=O)c1cc(C)cc(C(=O)N[C@@H](Cc2cc(F)cc(F)c2)[C@H](O)CNCc2ccoc2)c1. The molecule has 0 fully saturated rings. The second kappa shape index (κ2) is 14.6. The quantitative estimate of drug-likeness (QED) is 0.277. The molecule has 0 bridgehead atoms. The highest BCUT2D eigenvalue weighted by atomic mass is 19.1. The first kappa shape index (κ1) is 30.0. The van der Waals surface area contributed by atoms with E-state index in [1.165, 1.54) is 12.1 Å². The minimum Gasteiger partial charge on any atom is -0.472 e. The summed E-state index contributed by atoms with van der Waals surface area (Å²) in [5.41, 5.74) is 2.59. The number of halogens is 2. The fourth-order valence-corrected chi connectivity index (χ4v) is 4.49. The molecule has 1 aromatic heterocycles. The molecule has 0 radical (unpaired) electrons. The molecule has 2 aromatic carbocycles. The highest BCUT2D eigenvalue weighted by molar-refractivity contribution is 6.00. The molecule has 0 unspecified atom stereocenters. The van der Waals surface area contributed by atoms with Gasteiger partial charge in [0.25, 0.3) is 11.8 Å². The smallest absolute Gasteiger partial charge is 0.253 e. The zero-order valence-corrected chi connectivity index (χ0v) is 22.7. The lowest BCUT2D eigenvalue weighted by molar-refractivity contribution is 0.0755. The normalized spacial score (nSPS) is 12.7. The minimum atomic E-state index is -1.08. The number of nitrogens with one attached hydrogen (secondary N) is 2. The lowest BCUT2D eigenvalue weighted by atomic mass is 9.99. The number of aliphatic hydroxyl groups excluding tert-OH is 1. The summed E-state index contributed by atoms with van der Waals surface area (Å²) in [6.45, 7) is 7.58. The van der Waals surface area contributed by atoms with E-state index >= 15 is 0 Å². The number of aliphatic hydroxyl groups is 1. The van der Waals surface area contributed by atoms with Gasteiger partial charge in [-0.1, -0.05) is 13.8 Å². The van der Waals surface area contributed by atoms with E-state index in [1.54, 1.807) is 48.6 Å². The van der Waals surface area contributed by atoms with Crippen LogP contribution in [-0.2, 0) is 13.0 Å². The number of hydrogen-bond acceptors (Lipinski definition) is 5. The highest BCUT2D eigenvalue weighted by Crippen LogP contribution is 2.16. The summed E-state index contributed by atoms with van der Waals surface area (Å²) in [6.07, 6.45) is 3.67. The van der Waals surface area contributed by atoms with Crippen LogP contribution >= 0.6 is 0 Å². The topological polar surface area (TPSA) is 94.8 Å². The van der Waals surface area contributed by atoms with Gasteiger partial charge in [-0.05, 0) is 73.7 Å². The molecule has 0 saturated carbocycles. The van der Waals surface area contributed by atoms with Crippen molar-refractivity contribution < 1.29 is 27.9 Å². The second-order valence-electron chi connectivity index (χ2n) is 9.77. The van der Waals surface area contributed by atoms with Crippen LogP contribution in [0, 0.1) is 18.6 Å². The summed E-state index contributed by atoms with van der Waals surface area (Å²) in [7, 11) is 0. The van der Waals surface area contributed by atoms with E-state index in [4.69, 9.17) is 4.42 Å². The Morgan fingerprint density at radius 1 is 0.974 bits per heavy atom. The van der Waals surface area contributed by atoms with Gasteiger partial charge in [0, 0.05) is 48.9 Å². The van der Waals surface area contributed by atoms with Crippen LogP contribution < -0.4 is 10.6 Å². The minimum absolute atomic E-state index is 0.00659. The van der Waals surface area contributed by atoms with Crippen molar-refractivity contribution in [3.05, 3.63) is 94.4 Å². The van der Waals surface area contributed by atoms with Gasteiger partial charge in [-0.2, -0.15) is 0 Å². The van der Waals surface area contributed by atoms with Gasteiger partial charge in [-0.3, -0.25) is 9.59 Å². The molecule has 0 aliphatic rings. The number of carbonyl (C=O) groups excluding carboxylic acids is 2. The number of benzene rings is 2. The molecule has 3 rings (SSSR count). The first-order valence-electron chi connectivity index (χ1n) is 13.3. The molecule has 210 valence electrons. The van der Waals surface area contributed by atoms with E-state index in [0.29, 0.717) is 30.8 Å². The van der Waals surface area contributed by atoms with Crippen molar-refractivity contribution in [3.8, 4) is 0 Å².